The van der Waals surface area contributed by atoms with Crippen LogP contribution in [-0.4, -0.2) is 92.7 Å². The van der Waals surface area contributed by atoms with Crippen LogP contribution in [0.2, 0.25) is 0 Å². The Balaban J connectivity index is 1.55. The number of anilines is 1. The number of Topliss-reactive ketones (excluding diaryl/α,β-unsaturated/α-hetero) is 1. The summed E-state index contributed by atoms with van der Waals surface area (Å²) in [5.74, 6) is 2.26. The van der Waals surface area contributed by atoms with Gasteiger partial charge in [-0.05, 0) is 37.4 Å². The van der Waals surface area contributed by atoms with E-state index in [1.807, 2.05) is 31.3 Å². The van der Waals surface area contributed by atoms with Crippen molar-refractivity contribution in [1.82, 2.24) is 9.80 Å². The SMILES string of the molecule is COc1ccc(/C=C2\CN(C)C[C@@]3(C2=O)[C@H](c2ccc(OC)cc2OC)[C@@H]2CSCN2[C@@]32C(=O)Nc3ccc([N+](=O)[O-])cc32)c(OC)c1. The molecule has 1 N–H and O–H groups in total. The van der Waals surface area contributed by atoms with Crippen molar-refractivity contribution in [3.8, 4) is 23.0 Å². The first-order chi connectivity index (χ1) is 23.1. The van der Waals surface area contributed by atoms with E-state index >= 15 is 4.79 Å². The van der Waals surface area contributed by atoms with Gasteiger partial charge in [-0.25, -0.2) is 0 Å². The van der Waals surface area contributed by atoms with E-state index in [4.69, 9.17) is 18.9 Å². The molecule has 250 valence electrons. The van der Waals surface area contributed by atoms with Gasteiger partial charge in [-0.2, -0.15) is 0 Å². The molecule has 0 bridgehead atoms. The van der Waals surface area contributed by atoms with Crippen LogP contribution < -0.4 is 24.3 Å². The van der Waals surface area contributed by atoms with E-state index in [9.17, 15) is 14.9 Å². The minimum atomic E-state index is -1.56. The molecule has 13 heteroatoms. The van der Waals surface area contributed by atoms with E-state index in [1.165, 1.54) is 12.1 Å². The Labute approximate surface area is 282 Å². The Morgan fingerprint density at radius 1 is 0.958 bits per heavy atom. The highest BCUT2D eigenvalue weighted by Crippen LogP contribution is 2.69. The lowest BCUT2D eigenvalue weighted by Crippen LogP contribution is -2.65. The van der Waals surface area contributed by atoms with E-state index in [1.54, 1.807) is 64.5 Å². The minimum absolute atomic E-state index is 0.149. The fraction of sp³-hybridized carbons (Fsp3) is 0.371. The minimum Gasteiger partial charge on any atom is -0.497 e. The Morgan fingerprint density at radius 2 is 1.67 bits per heavy atom. The van der Waals surface area contributed by atoms with Gasteiger partial charge in [0.25, 0.3) is 11.6 Å². The number of likely N-dealkylation sites (N-methyl/N-ethyl adjacent to an activating group) is 1. The lowest BCUT2D eigenvalue weighted by atomic mass is 9.55. The first kappa shape index (κ1) is 32.0. The number of carbonyl (C=O) groups excluding carboxylic acids is 2. The predicted octanol–water partition coefficient (Wildman–Crippen LogP) is 4.53. The normalized spacial score (nSPS) is 27.3. The lowest BCUT2D eigenvalue weighted by Gasteiger charge is -2.51. The number of non-ortho nitro benzene ring substituents is 1. The summed E-state index contributed by atoms with van der Waals surface area (Å²) in [7, 11) is 8.22. The molecule has 0 aliphatic carbocycles. The molecule has 0 unspecified atom stereocenters. The maximum Gasteiger partial charge on any atom is 0.269 e. The average Bonchev–Trinajstić information content (AvgIpc) is 3.74. The predicted molar refractivity (Wildman–Crippen MR) is 181 cm³/mol. The van der Waals surface area contributed by atoms with E-state index in [0.29, 0.717) is 63.6 Å². The van der Waals surface area contributed by atoms with Crippen LogP contribution in [0.3, 0.4) is 0 Å². The number of nitro groups is 1. The zero-order chi connectivity index (χ0) is 34.0. The van der Waals surface area contributed by atoms with Gasteiger partial charge in [-0.15, -0.1) is 11.8 Å². The Morgan fingerprint density at radius 3 is 2.35 bits per heavy atom. The Kier molecular flexibility index (Phi) is 7.88. The number of fused-ring (bicyclic) bond motifs is 5. The summed E-state index contributed by atoms with van der Waals surface area (Å²) in [4.78, 5) is 46.4. The summed E-state index contributed by atoms with van der Waals surface area (Å²) >= 11 is 1.67. The number of nitro benzene ring substituents is 1. The van der Waals surface area contributed by atoms with Gasteiger partial charge in [0.1, 0.15) is 28.5 Å². The van der Waals surface area contributed by atoms with Crippen LogP contribution in [0.5, 0.6) is 23.0 Å². The van der Waals surface area contributed by atoms with Crippen molar-refractivity contribution in [2.45, 2.75) is 17.5 Å². The molecule has 3 aromatic carbocycles. The van der Waals surface area contributed by atoms with E-state index in [2.05, 4.69) is 15.1 Å². The number of hydrogen-bond donors (Lipinski definition) is 1. The van der Waals surface area contributed by atoms with Crippen LogP contribution >= 0.6 is 11.8 Å². The summed E-state index contributed by atoms with van der Waals surface area (Å²) in [5, 5.41) is 15.2. The number of benzene rings is 3. The fourth-order valence-electron chi connectivity index (χ4n) is 8.51. The largest absolute Gasteiger partial charge is 0.497 e. The highest BCUT2D eigenvalue weighted by Gasteiger charge is 2.79. The number of nitrogens with one attached hydrogen (secondary N) is 1. The molecule has 3 saturated heterocycles. The van der Waals surface area contributed by atoms with Crippen molar-refractivity contribution in [3.63, 3.8) is 0 Å². The number of rotatable bonds is 7. The van der Waals surface area contributed by atoms with E-state index < -0.39 is 21.8 Å². The van der Waals surface area contributed by atoms with Crippen LogP contribution in [-0.2, 0) is 15.1 Å². The molecule has 0 radical (unpaired) electrons. The number of methoxy groups -OCH3 is 4. The smallest absolute Gasteiger partial charge is 0.269 e. The van der Waals surface area contributed by atoms with Gasteiger partial charge in [-0.1, -0.05) is 6.07 Å². The highest BCUT2D eigenvalue weighted by molar-refractivity contribution is 7.99. The number of amides is 1. The van der Waals surface area contributed by atoms with Gasteiger partial charge in [0.2, 0.25) is 0 Å². The molecule has 1 amide bonds. The standard InChI is InChI=1S/C35H36N4O8S/c1-37-16-21(12-20-6-8-23(44-2)14-29(20)46-4)32(40)34(18-37)31(25-10-9-24(45-3)15-30(25)47-5)28-17-48-19-38(28)35(34)26-13-22(39(42)43)7-11-27(26)36-33(35)41/h6-15,28,31H,16-19H2,1-5H3,(H,36,41)/b21-12+/t28-,31+,34-,35-/m0/s1. The van der Waals surface area contributed by atoms with Gasteiger partial charge < -0.3 is 29.2 Å². The second-order valence-electron chi connectivity index (χ2n) is 12.5. The van der Waals surface area contributed by atoms with Crippen molar-refractivity contribution in [2.75, 3.05) is 65.5 Å². The highest BCUT2D eigenvalue weighted by atomic mass is 32.2. The van der Waals surface area contributed by atoms with Gasteiger partial charge in [0.15, 0.2) is 5.78 Å². The zero-order valence-corrected chi connectivity index (χ0v) is 28.1. The molecule has 3 fully saturated rings. The molecule has 48 heavy (non-hydrogen) atoms. The van der Waals surface area contributed by atoms with Gasteiger partial charge in [-0.3, -0.25) is 24.6 Å². The Hall–Kier alpha value is -4.59. The fourth-order valence-corrected chi connectivity index (χ4v) is 9.81. The summed E-state index contributed by atoms with van der Waals surface area (Å²) in [6.45, 7) is 0.539. The molecule has 4 aliphatic rings. The summed E-state index contributed by atoms with van der Waals surface area (Å²) < 4.78 is 22.6. The van der Waals surface area contributed by atoms with Crippen LogP contribution in [0.4, 0.5) is 11.4 Å². The topological polar surface area (TPSA) is 133 Å². The molecule has 2 spiro atoms. The molecule has 0 aromatic heterocycles. The third kappa shape index (κ3) is 4.37. The summed E-state index contributed by atoms with van der Waals surface area (Å²) in [5.41, 5.74) is -0.296. The van der Waals surface area contributed by atoms with Crippen molar-refractivity contribution in [2.24, 2.45) is 5.41 Å². The number of nitrogens with zero attached hydrogens (tertiary/aromatic N) is 3. The molecule has 7 rings (SSSR count). The number of piperidine rings is 1. The van der Waals surface area contributed by atoms with Crippen LogP contribution in [0.1, 0.15) is 22.6 Å². The van der Waals surface area contributed by atoms with E-state index in [-0.39, 0.29) is 30.0 Å². The van der Waals surface area contributed by atoms with Crippen LogP contribution in [0.25, 0.3) is 6.08 Å². The molecular formula is C35H36N4O8S. The van der Waals surface area contributed by atoms with Crippen molar-refractivity contribution < 1.29 is 33.5 Å². The average molecular weight is 673 g/mol. The molecular weight excluding hydrogens is 636 g/mol. The third-order valence-corrected chi connectivity index (χ3v) is 11.3. The maximum atomic E-state index is 15.7. The van der Waals surface area contributed by atoms with E-state index in [0.717, 1.165) is 5.56 Å². The lowest BCUT2D eigenvalue weighted by molar-refractivity contribution is -0.385. The molecule has 0 saturated carbocycles. The van der Waals surface area contributed by atoms with Gasteiger partial charge in [0, 0.05) is 88.9 Å². The third-order valence-electron chi connectivity index (χ3n) is 10.3. The first-order valence-electron chi connectivity index (χ1n) is 15.5. The first-order valence-corrected chi connectivity index (χ1v) is 16.6. The van der Waals surface area contributed by atoms with Crippen molar-refractivity contribution in [1.29, 1.82) is 0 Å². The molecule has 4 aliphatic heterocycles. The molecule has 3 aromatic rings. The van der Waals surface area contributed by atoms with Crippen LogP contribution in [0.15, 0.2) is 60.2 Å². The van der Waals surface area contributed by atoms with Crippen molar-refractivity contribution >= 4 is 40.9 Å². The maximum absolute atomic E-state index is 15.7. The monoisotopic (exact) mass is 672 g/mol. The number of ether oxygens (including phenoxy) is 4. The summed E-state index contributed by atoms with van der Waals surface area (Å²) in [6, 6.07) is 15.1. The molecule has 4 heterocycles. The molecule has 12 nitrogen and oxygen atoms in total. The van der Waals surface area contributed by atoms with Crippen molar-refractivity contribution in [3.05, 3.63) is 87.0 Å². The van der Waals surface area contributed by atoms with Gasteiger partial charge in [0.05, 0.1) is 38.8 Å². The number of hydrogen-bond acceptors (Lipinski definition) is 11. The number of ketones is 1. The van der Waals surface area contributed by atoms with Gasteiger partial charge >= 0.3 is 0 Å². The second kappa shape index (κ2) is 11.8. The second-order valence-corrected chi connectivity index (χ2v) is 13.5. The van der Waals surface area contributed by atoms with Crippen LogP contribution in [0, 0.1) is 15.5 Å². The Bertz CT molecular complexity index is 1880. The summed E-state index contributed by atoms with van der Waals surface area (Å²) in [6.07, 6.45) is 1.83. The molecule has 4 atom stereocenters. The number of thioether (sulfide) groups is 1. The number of likely N-dealkylation sites (tertiary alicyclic amines) is 1. The number of carbonyl (C=O) groups is 2. The quantitative estimate of drug-likeness (QED) is 0.216. The zero-order valence-electron chi connectivity index (χ0n) is 27.3.